The molecule has 1 amide bonds. The van der Waals surface area contributed by atoms with Crippen LogP contribution in [0.2, 0.25) is 0 Å². The van der Waals surface area contributed by atoms with E-state index in [1.807, 2.05) is 48.5 Å². The van der Waals surface area contributed by atoms with Crippen molar-refractivity contribution in [3.63, 3.8) is 0 Å². The van der Waals surface area contributed by atoms with Crippen LogP contribution in [0.25, 0.3) is 11.1 Å². The van der Waals surface area contributed by atoms with Crippen LogP contribution in [0.3, 0.4) is 0 Å². The van der Waals surface area contributed by atoms with E-state index in [1.165, 1.54) is 0 Å². The normalized spacial score (nSPS) is 24.6. The van der Waals surface area contributed by atoms with Crippen molar-refractivity contribution in [3.05, 3.63) is 59.7 Å². The highest BCUT2D eigenvalue weighted by molar-refractivity contribution is 5.87. The lowest BCUT2D eigenvalue weighted by atomic mass is 9.54. The predicted octanol–water partition coefficient (Wildman–Crippen LogP) is 3.14. The topological polar surface area (TPSA) is 95.9 Å². The number of rotatable bonds is 4. The summed E-state index contributed by atoms with van der Waals surface area (Å²) in [6.07, 6.45) is -1.62. The molecule has 6 nitrogen and oxygen atoms in total. The molecule has 4 rings (SSSR count). The molecule has 0 bridgehead atoms. The minimum absolute atomic E-state index is 0.0421. The maximum Gasteiger partial charge on any atom is 0.408 e. The molecule has 3 N–H and O–H groups in total. The third kappa shape index (κ3) is 2.52. The van der Waals surface area contributed by atoms with E-state index in [0.29, 0.717) is 0 Å². The third-order valence-electron chi connectivity index (χ3n) is 6.46. The molecular formula is C22H23NO5. The van der Waals surface area contributed by atoms with Gasteiger partial charge in [-0.3, -0.25) is 0 Å². The number of carbonyl (C=O) groups excluding carboxylic acids is 1. The largest absolute Gasteiger partial charge is 0.479 e. The maximum atomic E-state index is 12.5. The van der Waals surface area contributed by atoms with Crippen molar-refractivity contribution in [2.75, 3.05) is 6.61 Å². The lowest BCUT2D eigenvalue weighted by molar-refractivity contribution is -0.181. The second-order valence-electron chi connectivity index (χ2n) is 8.10. The molecule has 1 saturated carbocycles. The molecule has 0 saturated heterocycles. The highest BCUT2D eigenvalue weighted by atomic mass is 16.5. The van der Waals surface area contributed by atoms with Gasteiger partial charge in [-0.25, -0.2) is 9.59 Å². The van der Waals surface area contributed by atoms with E-state index in [4.69, 9.17) is 4.74 Å². The number of ether oxygens (including phenoxy) is 1. The van der Waals surface area contributed by atoms with Gasteiger partial charge in [0.25, 0.3) is 0 Å². The van der Waals surface area contributed by atoms with Crippen LogP contribution in [0.5, 0.6) is 0 Å². The molecule has 28 heavy (non-hydrogen) atoms. The van der Waals surface area contributed by atoms with Crippen LogP contribution in [0.1, 0.15) is 37.3 Å². The van der Waals surface area contributed by atoms with Crippen molar-refractivity contribution >= 4 is 12.1 Å². The molecule has 2 atom stereocenters. The number of carboxylic acids is 1. The molecule has 2 aromatic carbocycles. The molecule has 1 fully saturated rings. The number of amides is 1. The van der Waals surface area contributed by atoms with E-state index in [-0.39, 0.29) is 18.9 Å². The number of aliphatic carboxylic acids is 1. The minimum Gasteiger partial charge on any atom is -0.479 e. The molecule has 2 aliphatic rings. The molecule has 6 heteroatoms. The minimum atomic E-state index is -1.53. The number of alkyl carbamates (subject to hydrolysis) is 1. The number of carbonyl (C=O) groups is 2. The Morgan fingerprint density at radius 2 is 1.61 bits per heavy atom. The highest BCUT2D eigenvalue weighted by Gasteiger charge is 2.65. The van der Waals surface area contributed by atoms with E-state index in [0.717, 1.165) is 22.3 Å². The zero-order chi connectivity index (χ0) is 20.1. The first-order valence-electron chi connectivity index (χ1n) is 9.32. The Morgan fingerprint density at radius 1 is 1.07 bits per heavy atom. The van der Waals surface area contributed by atoms with E-state index < -0.39 is 29.1 Å². The second kappa shape index (κ2) is 6.34. The van der Waals surface area contributed by atoms with Crippen molar-refractivity contribution < 1.29 is 24.5 Å². The molecule has 0 spiro atoms. The first-order valence-corrected chi connectivity index (χ1v) is 9.32. The number of aliphatic hydroxyl groups is 1. The van der Waals surface area contributed by atoms with Gasteiger partial charge in [0.2, 0.25) is 0 Å². The van der Waals surface area contributed by atoms with Crippen LogP contribution < -0.4 is 5.32 Å². The van der Waals surface area contributed by atoms with Crippen molar-refractivity contribution in [1.82, 2.24) is 5.32 Å². The summed E-state index contributed by atoms with van der Waals surface area (Å²) >= 11 is 0. The molecule has 0 unspecified atom stereocenters. The first-order chi connectivity index (χ1) is 13.3. The van der Waals surface area contributed by atoms with Gasteiger partial charge in [-0.05, 0) is 22.3 Å². The summed E-state index contributed by atoms with van der Waals surface area (Å²) in [6.45, 7) is 3.36. The van der Waals surface area contributed by atoms with Crippen LogP contribution in [0, 0.1) is 5.41 Å². The van der Waals surface area contributed by atoms with Crippen molar-refractivity contribution in [2.45, 2.75) is 37.8 Å². The molecular weight excluding hydrogens is 358 g/mol. The van der Waals surface area contributed by atoms with Gasteiger partial charge in [0.1, 0.15) is 6.61 Å². The van der Waals surface area contributed by atoms with E-state index >= 15 is 0 Å². The zero-order valence-electron chi connectivity index (χ0n) is 15.8. The van der Waals surface area contributed by atoms with Gasteiger partial charge < -0.3 is 20.3 Å². The average molecular weight is 381 g/mol. The number of fused-ring (bicyclic) bond motifs is 3. The Morgan fingerprint density at radius 3 is 2.07 bits per heavy atom. The Kier molecular flexibility index (Phi) is 4.19. The van der Waals surface area contributed by atoms with Gasteiger partial charge in [0.15, 0.2) is 5.54 Å². The number of aliphatic hydroxyl groups excluding tert-OH is 1. The van der Waals surface area contributed by atoms with Gasteiger partial charge in [-0.1, -0.05) is 62.4 Å². The highest BCUT2D eigenvalue weighted by Crippen LogP contribution is 2.50. The van der Waals surface area contributed by atoms with Crippen LogP contribution in [0.4, 0.5) is 4.79 Å². The van der Waals surface area contributed by atoms with Gasteiger partial charge in [-0.2, -0.15) is 0 Å². The number of carboxylic acid groups (broad SMARTS) is 1. The molecule has 0 aromatic heterocycles. The quantitative estimate of drug-likeness (QED) is 0.756. The lowest BCUT2D eigenvalue weighted by Crippen LogP contribution is -2.75. The summed E-state index contributed by atoms with van der Waals surface area (Å²) < 4.78 is 5.45. The standard InChI is InChI=1S/C22H23NO5/c1-21(2)18(24)11-22(21,19(25)26)23-20(27)28-12-17-15-9-5-3-7-13(15)14-8-4-6-10-16(14)17/h3-10,17-18,24H,11-12H2,1-2H3,(H,23,27)(H,25,26)/t18-,22-/m0/s1. The van der Waals surface area contributed by atoms with Crippen molar-refractivity contribution in [3.8, 4) is 11.1 Å². The Bertz CT molecular complexity index is 908. The summed E-state index contributed by atoms with van der Waals surface area (Å²) in [7, 11) is 0. The summed E-state index contributed by atoms with van der Waals surface area (Å²) in [5, 5.41) is 22.1. The van der Waals surface area contributed by atoms with E-state index in [2.05, 4.69) is 5.32 Å². The van der Waals surface area contributed by atoms with E-state index in [1.54, 1.807) is 13.8 Å². The van der Waals surface area contributed by atoms with E-state index in [9.17, 15) is 19.8 Å². The molecule has 0 heterocycles. The van der Waals surface area contributed by atoms with Crippen LogP contribution in [-0.4, -0.2) is 40.5 Å². The predicted molar refractivity (Wildman–Crippen MR) is 103 cm³/mol. The molecule has 2 aliphatic carbocycles. The average Bonchev–Trinajstić information content (AvgIpc) is 2.99. The second-order valence-corrected chi connectivity index (χ2v) is 8.10. The Hall–Kier alpha value is -2.86. The molecule has 146 valence electrons. The fourth-order valence-electron chi connectivity index (χ4n) is 4.40. The zero-order valence-corrected chi connectivity index (χ0v) is 15.8. The van der Waals surface area contributed by atoms with Crippen LogP contribution in [-0.2, 0) is 9.53 Å². The van der Waals surface area contributed by atoms with Crippen molar-refractivity contribution in [1.29, 1.82) is 0 Å². The third-order valence-corrected chi connectivity index (χ3v) is 6.46. The molecule has 2 aromatic rings. The number of benzene rings is 2. The fraction of sp³-hybridized carbons (Fsp3) is 0.364. The fourth-order valence-corrected chi connectivity index (χ4v) is 4.40. The van der Waals surface area contributed by atoms with Gasteiger partial charge in [0, 0.05) is 17.8 Å². The summed E-state index contributed by atoms with van der Waals surface area (Å²) in [5.41, 5.74) is 1.90. The number of hydrogen-bond acceptors (Lipinski definition) is 4. The number of nitrogens with one attached hydrogen (secondary N) is 1. The van der Waals surface area contributed by atoms with Gasteiger partial charge in [-0.15, -0.1) is 0 Å². The Balaban J connectivity index is 1.51. The SMILES string of the molecule is CC1(C)[C@@H](O)C[C@]1(NC(=O)OCC1c2ccccc2-c2ccccc21)C(=O)O. The molecule has 0 radical (unpaired) electrons. The summed E-state index contributed by atoms with van der Waals surface area (Å²) in [4.78, 5) is 24.3. The van der Waals surface area contributed by atoms with Crippen molar-refractivity contribution in [2.24, 2.45) is 5.41 Å². The maximum absolute atomic E-state index is 12.5. The summed E-state index contributed by atoms with van der Waals surface area (Å²) in [6, 6.07) is 16.0. The van der Waals surface area contributed by atoms with Gasteiger partial charge >= 0.3 is 12.1 Å². The molecule has 0 aliphatic heterocycles. The first kappa shape index (κ1) is 18.5. The van der Waals surface area contributed by atoms with Gasteiger partial charge in [0.05, 0.1) is 6.10 Å². The van der Waals surface area contributed by atoms with Crippen LogP contribution in [0.15, 0.2) is 48.5 Å². The summed E-state index contributed by atoms with van der Waals surface area (Å²) in [5.74, 6) is -1.27. The van der Waals surface area contributed by atoms with Crippen LogP contribution >= 0.6 is 0 Å². The Labute approximate surface area is 163 Å². The monoisotopic (exact) mass is 381 g/mol. The number of hydrogen-bond donors (Lipinski definition) is 3. The lowest BCUT2D eigenvalue weighted by Gasteiger charge is -2.56. The smallest absolute Gasteiger partial charge is 0.408 e.